The summed E-state index contributed by atoms with van der Waals surface area (Å²) >= 11 is 0. The summed E-state index contributed by atoms with van der Waals surface area (Å²) in [5.41, 5.74) is -0.276. The van der Waals surface area contributed by atoms with Crippen molar-refractivity contribution in [2.45, 2.75) is 39.2 Å². The van der Waals surface area contributed by atoms with Crippen LogP contribution in [0.2, 0.25) is 0 Å². The lowest BCUT2D eigenvalue weighted by molar-refractivity contribution is -0.186. The van der Waals surface area contributed by atoms with Gasteiger partial charge < -0.3 is 9.47 Å². The van der Waals surface area contributed by atoms with Crippen molar-refractivity contribution in [1.29, 1.82) is 0 Å². The smallest absolute Gasteiger partial charge is 0.312 e. The van der Waals surface area contributed by atoms with Gasteiger partial charge in [-0.15, -0.1) is 0 Å². The molecular formula is C11H18O3. The van der Waals surface area contributed by atoms with E-state index in [-0.39, 0.29) is 17.5 Å². The molecule has 2 aliphatic rings. The van der Waals surface area contributed by atoms with E-state index < -0.39 is 0 Å². The summed E-state index contributed by atoms with van der Waals surface area (Å²) in [6, 6.07) is 0. The zero-order chi connectivity index (χ0) is 10.2. The summed E-state index contributed by atoms with van der Waals surface area (Å²) in [6.45, 7) is 5.54. The molecule has 0 radical (unpaired) electrons. The molecule has 0 saturated carbocycles. The Kier molecular flexibility index (Phi) is 2.52. The number of fused-ring (bicyclic) bond motifs is 1. The zero-order valence-electron chi connectivity index (χ0n) is 8.91. The van der Waals surface area contributed by atoms with E-state index in [4.69, 9.17) is 9.47 Å². The second-order valence-electron chi connectivity index (χ2n) is 4.69. The maximum Gasteiger partial charge on any atom is 0.312 e. The van der Waals surface area contributed by atoms with Gasteiger partial charge in [0, 0.05) is 12.3 Å². The molecule has 2 fully saturated rings. The van der Waals surface area contributed by atoms with E-state index in [1.54, 1.807) is 0 Å². The van der Waals surface area contributed by atoms with Crippen LogP contribution < -0.4 is 0 Å². The Morgan fingerprint density at radius 2 is 2.36 bits per heavy atom. The molecule has 2 saturated heterocycles. The van der Waals surface area contributed by atoms with E-state index in [0.29, 0.717) is 5.92 Å². The van der Waals surface area contributed by atoms with Crippen LogP contribution in [0.25, 0.3) is 0 Å². The molecule has 0 aromatic rings. The van der Waals surface area contributed by atoms with Crippen molar-refractivity contribution in [3.8, 4) is 0 Å². The lowest BCUT2D eigenvalue weighted by Crippen LogP contribution is -2.48. The average Bonchev–Trinajstić information content (AvgIpc) is 2.20. The minimum Gasteiger partial charge on any atom is -0.461 e. The third-order valence-electron chi connectivity index (χ3n) is 3.65. The highest BCUT2D eigenvalue weighted by molar-refractivity contribution is 5.77. The Bertz CT molecular complexity index is 239. The fraction of sp³-hybridized carbons (Fsp3) is 0.909. The van der Waals surface area contributed by atoms with Gasteiger partial charge >= 0.3 is 5.97 Å². The topological polar surface area (TPSA) is 35.5 Å². The molecule has 3 unspecified atom stereocenters. The Morgan fingerprint density at radius 1 is 1.57 bits per heavy atom. The van der Waals surface area contributed by atoms with Gasteiger partial charge in [0.2, 0.25) is 0 Å². The normalized spacial score (nSPS) is 42.9. The number of ether oxygens (including phenoxy) is 2. The van der Waals surface area contributed by atoms with Gasteiger partial charge in [0.25, 0.3) is 0 Å². The fourth-order valence-electron chi connectivity index (χ4n) is 2.35. The van der Waals surface area contributed by atoms with Crippen LogP contribution in [0.3, 0.4) is 0 Å². The highest BCUT2D eigenvalue weighted by Crippen LogP contribution is 2.40. The molecule has 0 aromatic carbocycles. The number of esters is 1. The number of hydrogen-bond acceptors (Lipinski definition) is 3. The molecular weight excluding hydrogens is 180 g/mol. The van der Waals surface area contributed by atoms with Crippen molar-refractivity contribution in [2.24, 2.45) is 11.3 Å². The lowest BCUT2D eigenvalue weighted by atomic mass is 9.74. The van der Waals surface area contributed by atoms with Gasteiger partial charge in [-0.2, -0.15) is 0 Å². The Labute approximate surface area is 84.8 Å². The molecule has 0 aromatic heterocycles. The van der Waals surface area contributed by atoms with Crippen molar-refractivity contribution < 1.29 is 14.3 Å². The summed E-state index contributed by atoms with van der Waals surface area (Å²) in [6.07, 6.45) is 2.77. The van der Waals surface area contributed by atoms with Crippen LogP contribution in [0.15, 0.2) is 0 Å². The number of rotatable bonds is 1. The van der Waals surface area contributed by atoms with E-state index in [2.05, 4.69) is 0 Å². The minimum absolute atomic E-state index is 0.0110. The minimum atomic E-state index is -0.276. The molecule has 0 bridgehead atoms. The Hall–Kier alpha value is -0.570. The first-order valence-electron chi connectivity index (χ1n) is 5.44. The van der Waals surface area contributed by atoms with Crippen LogP contribution in [0.4, 0.5) is 0 Å². The van der Waals surface area contributed by atoms with Gasteiger partial charge in [0.05, 0.1) is 18.6 Å². The first-order chi connectivity index (χ1) is 6.65. The van der Waals surface area contributed by atoms with E-state index in [1.165, 1.54) is 0 Å². The molecule has 2 rings (SSSR count). The summed E-state index contributed by atoms with van der Waals surface area (Å²) in [5, 5.41) is 0. The largest absolute Gasteiger partial charge is 0.461 e. The molecule has 0 spiro atoms. The lowest BCUT2D eigenvalue weighted by Gasteiger charge is -2.42. The molecule has 3 heteroatoms. The molecule has 2 aliphatic heterocycles. The third-order valence-corrected chi connectivity index (χ3v) is 3.65. The molecule has 0 N–H and O–H groups in total. The highest BCUT2D eigenvalue weighted by atomic mass is 16.6. The SMILES string of the molecule is CCC1(C)CC2COCCC2OC1=O. The molecule has 2 heterocycles. The maximum atomic E-state index is 11.7. The molecule has 0 aliphatic carbocycles. The van der Waals surface area contributed by atoms with Gasteiger partial charge in [-0.05, 0) is 19.8 Å². The predicted octanol–water partition coefficient (Wildman–Crippen LogP) is 1.75. The predicted molar refractivity (Wildman–Crippen MR) is 51.8 cm³/mol. The maximum absolute atomic E-state index is 11.7. The van der Waals surface area contributed by atoms with Gasteiger partial charge in [0.15, 0.2) is 0 Å². The van der Waals surface area contributed by atoms with E-state index in [0.717, 1.165) is 32.5 Å². The molecule has 80 valence electrons. The highest BCUT2D eigenvalue weighted by Gasteiger charge is 2.45. The van der Waals surface area contributed by atoms with Crippen molar-refractivity contribution in [3.63, 3.8) is 0 Å². The third kappa shape index (κ3) is 1.54. The molecule has 14 heavy (non-hydrogen) atoms. The Morgan fingerprint density at radius 3 is 3.07 bits per heavy atom. The summed E-state index contributed by atoms with van der Waals surface area (Å²) < 4.78 is 10.9. The number of carbonyl (C=O) groups is 1. The second-order valence-corrected chi connectivity index (χ2v) is 4.69. The van der Waals surface area contributed by atoms with Gasteiger partial charge in [0.1, 0.15) is 6.10 Å². The summed E-state index contributed by atoms with van der Waals surface area (Å²) in [7, 11) is 0. The Balaban J connectivity index is 2.10. The monoisotopic (exact) mass is 198 g/mol. The summed E-state index contributed by atoms with van der Waals surface area (Å²) in [4.78, 5) is 11.7. The van der Waals surface area contributed by atoms with Crippen LogP contribution in [-0.4, -0.2) is 25.3 Å². The van der Waals surface area contributed by atoms with E-state index in [9.17, 15) is 4.79 Å². The van der Waals surface area contributed by atoms with Crippen molar-refractivity contribution in [2.75, 3.05) is 13.2 Å². The first-order valence-corrected chi connectivity index (χ1v) is 5.44. The van der Waals surface area contributed by atoms with Crippen LogP contribution in [-0.2, 0) is 14.3 Å². The number of hydrogen-bond donors (Lipinski definition) is 0. The quantitative estimate of drug-likeness (QED) is 0.602. The second kappa shape index (κ2) is 3.54. The molecule has 0 amide bonds. The number of carbonyl (C=O) groups excluding carboxylic acids is 1. The molecule has 3 nitrogen and oxygen atoms in total. The van der Waals surface area contributed by atoms with E-state index >= 15 is 0 Å². The van der Waals surface area contributed by atoms with E-state index in [1.807, 2.05) is 13.8 Å². The summed E-state index contributed by atoms with van der Waals surface area (Å²) in [5.74, 6) is 0.412. The zero-order valence-corrected chi connectivity index (χ0v) is 8.91. The average molecular weight is 198 g/mol. The van der Waals surface area contributed by atoms with Crippen LogP contribution >= 0.6 is 0 Å². The van der Waals surface area contributed by atoms with Crippen LogP contribution in [0, 0.1) is 11.3 Å². The van der Waals surface area contributed by atoms with Gasteiger partial charge in [-0.1, -0.05) is 6.92 Å². The standard InChI is InChI=1S/C11H18O3/c1-3-11(2)6-8-7-13-5-4-9(8)14-10(11)12/h8-9H,3-7H2,1-2H3. The van der Waals surface area contributed by atoms with Gasteiger partial charge in [-0.3, -0.25) is 4.79 Å². The van der Waals surface area contributed by atoms with Crippen LogP contribution in [0.5, 0.6) is 0 Å². The first kappa shape index (κ1) is 9.97. The van der Waals surface area contributed by atoms with Crippen molar-refractivity contribution in [3.05, 3.63) is 0 Å². The van der Waals surface area contributed by atoms with Crippen molar-refractivity contribution >= 4 is 5.97 Å². The van der Waals surface area contributed by atoms with Gasteiger partial charge in [-0.25, -0.2) is 0 Å². The fourth-order valence-corrected chi connectivity index (χ4v) is 2.35. The molecule has 3 atom stereocenters. The van der Waals surface area contributed by atoms with Crippen LogP contribution in [0.1, 0.15) is 33.1 Å². The van der Waals surface area contributed by atoms with Crippen molar-refractivity contribution in [1.82, 2.24) is 0 Å².